The molecule has 2 aliphatic heterocycles. The fourth-order valence-corrected chi connectivity index (χ4v) is 2.48. The number of hydrogen-bond donors (Lipinski definition) is 2. The minimum atomic E-state index is -0.762. The van der Waals surface area contributed by atoms with Crippen molar-refractivity contribution in [3.63, 3.8) is 0 Å². The molecule has 0 saturated carbocycles. The van der Waals surface area contributed by atoms with Gasteiger partial charge in [-0.2, -0.15) is 0 Å². The lowest BCUT2D eigenvalue weighted by atomic mass is 9.80. The van der Waals surface area contributed by atoms with Gasteiger partial charge in [0.1, 0.15) is 0 Å². The molecule has 2 fully saturated rings. The van der Waals surface area contributed by atoms with E-state index in [1.165, 1.54) is 12.8 Å². The molecule has 2 rings (SSSR count). The van der Waals surface area contributed by atoms with Crippen molar-refractivity contribution in [2.75, 3.05) is 26.2 Å². The van der Waals surface area contributed by atoms with Gasteiger partial charge in [-0.1, -0.05) is 0 Å². The Bertz CT molecular complexity index is 212. The quantitative estimate of drug-likeness (QED) is 0.584. The van der Waals surface area contributed by atoms with Gasteiger partial charge in [-0.05, 0) is 25.8 Å². The van der Waals surface area contributed by atoms with E-state index in [0.29, 0.717) is 0 Å². The molecule has 4 nitrogen and oxygen atoms in total. The number of carbonyl (C=O) groups is 1. The molecule has 0 aromatic carbocycles. The molecule has 2 heterocycles. The van der Waals surface area contributed by atoms with Crippen LogP contribution >= 0.6 is 0 Å². The predicted octanol–water partition coefficient (Wildman–Crippen LogP) is 0.740. The van der Waals surface area contributed by atoms with Crippen molar-refractivity contribution in [2.24, 2.45) is 5.41 Å². The molecule has 0 aliphatic carbocycles. The Balaban J connectivity index is 1.98. The van der Waals surface area contributed by atoms with E-state index in [-0.39, 0.29) is 5.41 Å². The molecule has 0 unspecified atom stereocenters. The van der Waals surface area contributed by atoms with E-state index in [1.807, 2.05) is 0 Å². The van der Waals surface area contributed by atoms with Gasteiger partial charge in [0.2, 0.25) is 0 Å². The van der Waals surface area contributed by atoms with E-state index >= 15 is 0 Å². The third-order valence-corrected chi connectivity index (χ3v) is 3.27. The second-order valence-electron chi connectivity index (χ2n) is 4.23. The largest absolute Gasteiger partial charge is 0.465 e. The molecule has 74 valence electrons. The number of carboxylic acid groups (broad SMARTS) is 1. The van der Waals surface area contributed by atoms with E-state index in [9.17, 15) is 4.79 Å². The van der Waals surface area contributed by atoms with Crippen LogP contribution in [0.5, 0.6) is 0 Å². The van der Waals surface area contributed by atoms with Gasteiger partial charge in [-0.25, -0.2) is 4.79 Å². The molecule has 2 aliphatic rings. The Labute approximate surface area is 77.9 Å². The summed E-state index contributed by atoms with van der Waals surface area (Å²) in [6.07, 6.45) is 2.64. The first-order valence-corrected chi connectivity index (χ1v) is 4.91. The Morgan fingerprint density at radius 3 is 2.85 bits per heavy atom. The van der Waals surface area contributed by atoms with Crippen LogP contribution in [0.4, 0.5) is 4.79 Å². The summed E-state index contributed by atoms with van der Waals surface area (Å²) in [5, 5.41) is 12.2. The summed E-state index contributed by atoms with van der Waals surface area (Å²) in [5.41, 5.74) is 0.261. The van der Waals surface area contributed by atoms with Crippen LogP contribution in [0.2, 0.25) is 0 Å². The van der Waals surface area contributed by atoms with Gasteiger partial charge in [0, 0.05) is 25.0 Å². The molecule has 1 atom stereocenters. The maximum atomic E-state index is 10.7. The van der Waals surface area contributed by atoms with Crippen molar-refractivity contribution in [1.29, 1.82) is 0 Å². The van der Waals surface area contributed by atoms with E-state index in [4.69, 9.17) is 5.11 Å². The van der Waals surface area contributed by atoms with Crippen LogP contribution in [0.3, 0.4) is 0 Å². The molecular weight excluding hydrogens is 168 g/mol. The number of hydrogen-bond acceptors (Lipinski definition) is 2. The lowest BCUT2D eigenvalue weighted by Gasteiger charge is -2.33. The first-order valence-electron chi connectivity index (χ1n) is 4.91. The number of amides is 1. The standard InChI is InChI=1S/C9H16N2O2/c12-8(13)11-5-3-9(7-11)2-1-4-10-6-9/h10H,1-7H2,(H,12,13)/t9-/m1/s1. The highest BCUT2D eigenvalue weighted by Crippen LogP contribution is 2.36. The lowest BCUT2D eigenvalue weighted by Crippen LogP contribution is -2.42. The van der Waals surface area contributed by atoms with E-state index < -0.39 is 6.09 Å². The summed E-state index contributed by atoms with van der Waals surface area (Å²) < 4.78 is 0. The highest BCUT2D eigenvalue weighted by atomic mass is 16.4. The topological polar surface area (TPSA) is 52.6 Å². The molecule has 2 N–H and O–H groups in total. The fourth-order valence-electron chi connectivity index (χ4n) is 2.48. The first-order chi connectivity index (χ1) is 6.22. The van der Waals surface area contributed by atoms with Crippen LogP contribution in [0.1, 0.15) is 19.3 Å². The molecule has 0 aromatic heterocycles. The summed E-state index contributed by atoms with van der Waals surface area (Å²) >= 11 is 0. The second-order valence-corrected chi connectivity index (χ2v) is 4.23. The number of piperidine rings is 1. The number of nitrogens with one attached hydrogen (secondary N) is 1. The lowest BCUT2D eigenvalue weighted by molar-refractivity contribution is 0.143. The van der Waals surface area contributed by atoms with E-state index in [2.05, 4.69) is 5.32 Å². The van der Waals surface area contributed by atoms with Crippen molar-refractivity contribution in [2.45, 2.75) is 19.3 Å². The molecule has 0 radical (unpaired) electrons. The zero-order valence-electron chi connectivity index (χ0n) is 7.75. The van der Waals surface area contributed by atoms with Crippen LogP contribution in [0, 0.1) is 5.41 Å². The summed E-state index contributed by atoms with van der Waals surface area (Å²) in [7, 11) is 0. The van der Waals surface area contributed by atoms with Gasteiger partial charge in [0.05, 0.1) is 0 Å². The summed E-state index contributed by atoms with van der Waals surface area (Å²) in [6.45, 7) is 3.54. The molecular formula is C9H16N2O2. The highest BCUT2D eigenvalue weighted by molar-refractivity contribution is 5.65. The maximum absolute atomic E-state index is 10.7. The van der Waals surface area contributed by atoms with Crippen LogP contribution in [0.25, 0.3) is 0 Å². The molecule has 1 amide bonds. The zero-order valence-corrected chi connectivity index (χ0v) is 7.75. The second kappa shape index (κ2) is 3.18. The molecule has 2 saturated heterocycles. The van der Waals surface area contributed by atoms with Crippen molar-refractivity contribution >= 4 is 6.09 Å². The van der Waals surface area contributed by atoms with Gasteiger partial charge < -0.3 is 15.3 Å². The van der Waals surface area contributed by atoms with Crippen LogP contribution in [-0.2, 0) is 0 Å². The number of rotatable bonds is 0. The third kappa shape index (κ3) is 1.63. The first kappa shape index (κ1) is 8.81. The average molecular weight is 184 g/mol. The SMILES string of the molecule is O=C(O)N1CC[C@@]2(CCCNC2)C1. The van der Waals surface area contributed by atoms with Gasteiger partial charge in [0.15, 0.2) is 0 Å². The minimum absolute atomic E-state index is 0.261. The molecule has 0 aromatic rings. The van der Waals surface area contributed by atoms with Crippen LogP contribution in [0.15, 0.2) is 0 Å². The monoisotopic (exact) mass is 184 g/mol. The predicted molar refractivity (Wildman–Crippen MR) is 48.8 cm³/mol. The molecule has 1 spiro atoms. The van der Waals surface area contributed by atoms with Crippen LogP contribution < -0.4 is 5.32 Å². The van der Waals surface area contributed by atoms with Gasteiger partial charge in [0.25, 0.3) is 0 Å². The normalized spacial score (nSPS) is 34.0. The Hall–Kier alpha value is -0.770. The Morgan fingerprint density at radius 2 is 2.31 bits per heavy atom. The van der Waals surface area contributed by atoms with Gasteiger partial charge in [-0.15, -0.1) is 0 Å². The van der Waals surface area contributed by atoms with Gasteiger partial charge in [-0.3, -0.25) is 0 Å². The summed E-state index contributed by atoms with van der Waals surface area (Å²) in [5.74, 6) is 0. The summed E-state index contributed by atoms with van der Waals surface area (Å²) in [4.78, 5) is 12.3. The number of likely N-dealkylation sites (tertiary alicyclic amines) is 1. The Morgan fingerprint density at radius 1 is 1.46 bits per heavy atom. The number of nitrogens with zero attached hydrogens (tertiary/aromatic N) is 1. The summed E-state index contributed by atoms with van der Waals surface area (Å²) in [6, 6.07) is 0. The van der Waals surface area contributed by atoms with Gasteiger partial charge >= 0.3 is 6.09 Å². The van der Waals surface area contributed by atoms with Crippen molar-refractivity contribution in [1.82, 2.24) is 10.2 Å². The van der Waals surface area contributed by atoms with E-state index in [1.54, 1.807) is 4.90 Å². The fraction of sp³-hybridized carbons (Fsp3) is 0.889. The average Bonchev–Trinajstić information content (AvgIpc) is 2.51. The third-order valence-electron chi connectivity index (χ3n) is 3.27. The smallest absolute Gasteiger partial charge is 0.407 e. The van der Waals surface area contributed by atoms with E-state index in [0.717, 1.165) is 32.6 Å². The maximum Gasteiger partial charge on any atom is 0.407 e. The van der Waals surface area contributed by atoms with Crippen molar-refractivity contribution < 1.29 is 9.90 Å². The van der Waals surface area contributed by atoms with Crippen molar-refractivity contribution in [3.8, 4) is 0 Å². The molecule has 13 heavy (non-hydrogen) atoms. The molecule has 4 heteroatoms. The molecule has 0 bridgehead atoms. The van der Waals surface area contributed by atoms with Crippen molar-refractivity contribution in [3.05, 3.63) is 0 Å². The highest BCUT2D eigenvalue weighted by Gasteiger charge is 2.40. The van der Waals surface area contributed by atoms with Crippen LogP contribution in [-0.4, -0.2) is 42.3 Å². The zero-order chi connectivity index (χ0) is 9.31. The Kier molecular flexibility index (Phi) is 2.15. The minimum Gasteiger partial charge on any atom is -0.465 e.